The predicted octanol–water partition coefficient (Wildman–Crippen LogP) is 0.882. The van der Waals surface area contributed by atoms with Crippen LogP contribution in [0.3, 0.4) is 0 Å². The fraction of sp³-hybridized carbons (Fsp3) is 0.917. The van der Waals surface area contributed by atoms with E-state index < -0.39 is 10.8 Å². The summed E-state index contributed by atoms with van der Waals surface area (Å²) in [5.41, 5.74) is 5.71. The minimum absolute atomic E-state index is 0.0180. The summed E-state index contributed by atoms with van der Waals surface area (Å²) in [5.74, 6) is 0.994. The molecular weight excluding hydrogens is 236 g/mol. The molecule has 0 rings (SSSR count). The molecule has 0 aliphatic rings. The van der Waals surface area contributed by atoms with Crippen molar-refractivity contribution in [1.29, 1.82) is 0 Å². The fourth-order valence-corrected chi connectivity index (χ4v) is 2.22. The lowest BCUT2D eigenvalue weighted by Gasteiger charge is -2.24. The van der Waals surface area contributed by atoms with Crippen molar-refractivity contribution in [3.05, 3.63) is 0 Å². The Balaban J connectivity index is 4.05. The maximum absolute atomic E-state index is 11.8. The molecule has 2 unspecified atom stereocenters. The summed E-state index contributed by atoms with van der Waals surface area (Å²) in [6.45, 7) is 8.99. The lowest BCUT2D eigenvalue weighted by molar-refractivity contribution is -0.125. The highest BCUT2D eigenvalue weighted by atomic mass is 32.2. The third kappa shape index (κ3) is 8.32. The van der Waals surface area contributed by atoms with Gasteiger partial charge >= 0.3 is 0 Å². The van der Waals surface area contributed by atoms with Crippen LogP contribution < -0.4 is 11.1 Å². The Hall–Kier alpha value is -0.420. The second-order valence-electron chi connectivity index (χ2n) is 5.42. The van der Waals surface area contributed by atoms with E-state index in [1.165, 1.54) is 0 Å². The van der Waals surface area contributed by atoms with Crippen LogP contribution in [0.4, 0.5) is 0 Å². The van der Waals surface area contributed by atoms with Gasteiger partial charge in [-0.3, -0.25) is 9.00 Å². The molecule has 0 saturated heterocycles. The van der Waals surface area contributed by atoms with E-state index in [9.17, 15) is 9.00 Å². The van der Waals surface area contributed by atoms with Crippen molar-refractivity contribution in [3.63, 3.8) is 0 Å². The van der Waals surface area contributed by atoms with E-state index in [0.29, 0.717) is 24.6 Å². The van der Waals surface area contributed by atoms with Crippen molar-refractivity contribution in [2.75, 3.05) is 24.6 Å². The zero-order valence-corrected chi connectivity index (χ0v) is 12.2. The molecule has 0 radical (unpaired) electrons. The third-order valence-corrected chi connectivity index (χ3v) is 3.77. The smallest absolute Gasteiger partial charge is 0.224 e. The lowest BCUT2D eigenvalue weighted by atomic mass is 9.84. The molecule has 0 aromatic heterocycles. The molecule has 102 valence electrons. The maximum atomic E-state index is 11.8. The first-order valence-electron chi connectivity index (χ1n) is 6.13. The molecule has 5 heteroatoms. The van der Waals surface area contributed by atoms with Gasteiger partial charge in [-0.05, 0) is 11.8 Å². The molecule has 0 aromatic carbocycles. The minimum Gasteiger partial charge on any atom is -0.355 e. The van der Waals surface area contributed by atoms with Crippen LogP contribution in [0.1, 0.15) is 34.1 Å². The number of amides is 1. The van der Waals surface area contributed by atoms with Crippen LogP contribution in [-0.4, -0.2) is 34.7 Å². The second-order valence-corrected chi connectivity index (χ2v) is 7.29. The number of nitrogens with two attached hydrogens (primary N) is 1. The number of carbonyl (C=O) groups is 1. The van der Waals surface area contributed by atoms with Gasteiger partial charge in [0.1, 0.15) is 0 Å². The Morgan fingerprint density at radius 2 is 2.00 bits per heavy atom. The molecule has 2 atom stereocenters. The van der Waals surface area contributed by atoms with Gasteiger partial charge in [-0.2, -0.15) is 0 Å². The molecule has 0 aromatic rings. The lowest BCUT2D eigenvalue weighted by Crippen LogP contribution is -2.38. The van der Waals surface area contributed by atoms with Crippen molar-refractivity contribution < 1.29 is 9.00 Å². The van der Waals surface area contributed by atoms with E-state index >= 15 is 0 Å². The van der Waals surface area contributed by atoms with Crippen LogP contribution >= 0.6 is 0 Å². The Labute approximate surface area is 107 Å². The van der Waals surface area contributed by atoms with Crippen molar-refractivity contribution >= 4 is 16.7 Å². The fourth-order valence-electron chi connectivity index (χ4n) is 1.60. The minimum atomic E-state index is -0.824. The summed E-state index contributed by atoms with van der Waals surface area (Å²) in [6, 6.07) is 0. The van der Waals surface area contributed by atoms with Crippen LogP contribution in [0.15, 0.2) is 0 Å². The summed E-state index contributed by atoms with van der Waals surface area (Å²) >= 11 is 0. The molecule has 3 N–H and O–H groups in total. The first-order chi connectivity index (χ1) is 7.80. The van der Waals surface area contributed by atoms with E-state index in [2.05, 4.69) is 26.1 Å². The van der Waals surface area contributed by atoms with Gasteiger partial charge in [-0.15, -0.1) is 0 Å². The maximum Gasteiger partial charge on any atom is 0.224 e. The summed E-state index contributed by atoms with van der Waals surface area (Å²) in [6.07, 6.45) is 0.770. The molecule has 0 aliphatic carbocycles. The second kappa shape index (κ2) is 7.82. The third-order valence-electron chi connectivity index (χ3n) is 2.47. The highest BCUT2D eigenvalue weighted by Gasteiger charge is 2.23. The van der Waals surface area contributed by atoms with Crippen LogP contribution in [0, 0.1) is 11.3 Å². The van der Waals surface area contributed by atoms with Crippen molar-refractivity contribution in [2.24, 2.45) is 17.1 Å². The van der Waals surface area contributed by atoms with Gasteiger partial charge in [0.25, 0.3) is 0 Å². The van der Waals surface area contributed by atoms with E-state index in [4.69, 9.17) is 5.73 Å². The standard InChI is InChI=1S/C12H26N2O2S/c1-5-17(16)7-6-14-11(15)10(9-13)8-12(2,3)4/h10H,5-9,13H2,1-4H3,(H,14,15). The number of hydrogen-bond donors (Lipinski definition) is 2. The van der Waals surface area contributed by atoms with Gasteiger partial charge in [0.15, 0.2) is 0 Å². The van der Waals surface area contributed by atoms with Crippen LogP contribution in [0.2, 0.25) is 0 Å². The molecule has 17 heavy (non-hydrogen) atoms. The average Bonchev–Trinajstić information content (AvgIpc) is 2.24. The van der Waals surface area contributed by atoms with Crippen LogP contribution in [-0.2, 0) is 15.6 Å². The highest BCUT2D eigenvalue weighted by molar-refractivity contribution is 7.84. The normalized spacial score (nSPS) is 15.4. The molecule has 0 aliphatic heterocycles. The highest BCUT2D eigenvalue weighted by Crippen LogP contribution is 2.23. The molecular formula is C12H26N2O2S. The van der Waals surface area contributed by atoms with E-state index in [1.54, 1.807) is 0 Å². The molecule has 0 heterocycles. The Bertz CT molecular complexity index is 262. The van der Waals surface area contributed by atoms with Gasteiger partial charge in [0, 0.05) is 35.4 Å². The SMILES string of the molecule is CCS(=O)CCNC(=O)C(CN)CC(C)(C)C. The van der Waals surface area contributed by atoms with Gasteiger partial charge in [0.05, 0.1) is 5.92 Å². The average molecular weight is 262 g/mol. The van der Waals surface area contributed by atoms with E-state index in [1.807, 2.05) is 6.92 Å². The van der Waals surface area contributed by atoms with E-state index in [0.717, 1.165) is 6.42 Å². The monoisotopic (exact) mass is 262 g/mol. The van der Waals surface area contributed by atoms with Crippen LogP contribution in [0.25, 0.3) is 0 Å². The van der Waals surface area contributed by atoms with Gasteiger partial charge in [-0.1, -0.05) is 27.7 Å². The molecule has 4 nitrogen and oxygen atoms in total. The summed E-state index contributed by atoms with van der Waals surface area (Å²) in [5, 5.41) is 2.81. The molecule has 0 spiro atoms. The van der Waals surface area contributed by atoms with Gasteiger partial charge in [-0.25, -0.2) is 0 Å². The van der Waals surface area contributed by atoms with Crippen LogP contribution in [0.5, 0.6) is 0 Å². The molecule has 1 amide bonds. The van der Waals surface area contributed by atoms with Gasteiger partial charge in [0.2, 0.25) is 5.91 Å². The zero-order chi connectivity index (χ0) is 13.5. The topological polar surface area (TPSA) is 72.2 Å². The summed E-state index contributed by atoms with van der Waals surface area (Å²) < 4.78 is 11.2. The van der Waals surface area contributed by atoms with E-state index in [-0.39, 0.29) is 17.2 Å². The quantitative estimate of drug-likeness (QED) is 0.715. The summed E-state index contributed by atoms with van der Waals surface area (Å²) in [7, 11) is -0.824. The van der Waals surface area contributed by atoms with Gasteiger partial charge < -0.3 is 11.1 Å². The van der Waals surface area contributed by atoms with Crippen molar-refractivity contribution in [1.82, 2.24) is 5.32 Å². The predicted molar refractivity (Wildman–Crippen MR) is 73.2 cm³/mol. The molecule has 0 saturated carbocycles. The first kappa shape index (κ1) is 16.6. The van der Waals surface area contributed by atoms with Crippen molar-refractivity contribution in [3.8, 4) is 0 Å². The number of hydrogen-bond acceptors (Lipinski definition) is 3. The molecule has 0 fully saturated rings. The Kier molecular flexibility index (Phi) is 7.63. The largest absolute Gasteiger partial charge is 0.355 e. The first-order valence-corrected chi connectivity index (χ1v) is 7.61. The number of nitrogens with one attached hydrogen (secondary N) is 1. The Morgan fingerprint density at radius 3 is 2.41 bits per heavy atom. The summed E-state index contributed by atoms with van der Waals surface area (Å²) in [4.78, 5) is 11.8. The number of carbonyl (C=O) groups excluding carboxylic acids is 1. The number of rotatable bonds is 7. The molecule has 0 bridgehead atoms. The van der Waals surface area contributed by atoms with Crippen molar-refractivity contribution in [2.45, 2.75) is 34.1 Å². The Morgan fingerprint density at radius 1 is 1.41 bits per heavy atom. The zero-order valence-electron chi connectivity index (χ0n) is 11.4.